The smallest absolute Gasteiger partial charge is 0.338 e. The number of alkyl halides is 2. The third kappa shape index (κ3) is 7.19. The van der Waals surface area contributed by atoms with Gasteiger partial charge < -0.3 is 24.1 Å². The number of aliphatic hydroxyl groups is 1. The largest absolute Gasteiger partial charge is 0.461 e. The van der Waals surface area contributed by atoms with E-state index in [1.807, 2.05) is 0 Å². The normalized spacial score (nSPS) is 21.5. The summed E-state index contributed by atoms with van der Waals surface area (Å²) >= 11 is 0. The second-order valence-corrected chi connectivity index (χ2v) is 10.7. The Bertz CT molecular complexity index is 1630. The molecule has 1 aliphatic heterocycles. The van der Waals surface area contributed by atoms with Crippen molar-refractivity contribution in [2.45, 2.75) is 44.4 Å². The summed E-state index contributed by atoms with van der Waals surface area (Å²) in [6, 6.07) is 25.1. The minimum absolute atomic E-state index is 0.0207. The van der Waals surface area contributed by atoms with E-state index >= 15 is 0 Å². The van der Waals surface area contributed by atoms with Crippen LogP contribution in [0.3, 0.4) is 0 Å². The van der Waals surface area contributed by atoms with Gasteiger partial charge >= 0.3 is 11.9 Å². The van der Waals surface area contributed by atoms with Crippen LogP contribution in [0.4, 0.5) is 13.2 Å². The van der Waals surface area contributed by atoms with Crippen LogP contribution in [0.2, 0.25) is 0 Å². The molecule has 0 saturated carbocycles. The van der Waals surface area contributed by atoms with Gasteiger partial charge in [0.15, 0.2) is 6.10 Å². The van der Waals surface area contributed by atoms with E-state index in [0.29, 0.717) is 0 Å². The van der Waals surface area contributed by atoms with Crippen LogP contribution in [0.15, 0.2) is 103 Å². The van der Waals surface area contributed by atoms with Crippen LogP contribution in [0.1, 0.15) is 40.1 Å². The van der Waals surface area contributed by atoms with Gasteiger partial charge in [-0.1, -0.05) is 55.5 Å². The highest BCUT2D eigenvalue weighted by molar-refractivity contribution is 5.90. The molecule has 0 aliphatic carbocycles. The van der Waals surface area contributed by atoms with Crippen molar-refractivity contribution in [2.75, 3.05) is 6.61 Å². The Morgan fingerprint density at radius 3 is 1.98 bits per heavy atom. The van der Waals surface area contributed by atoms with Crippen molar-refractivity contribution in [2.24, 2.45) is 5.92 Å². The second-order valence-electron chi connectivity index (χ2n) is 10.7. The van der Waals surface area contributed by atoms with Gasteiger partial charge in [-0.25, -0.2) is 14.0 Å². The van der Waals surface area contributed by atoms with E-state index in [-0.39, 0.29) is 28.0 Å². The van der Waals surface area contributed by atoms with Gasteiger partial charge in [0.05, 0.1) is 17.2 Å². The molecule has 1 N–H and O–H groups in total. The minimum atomic E-state index is -3.64. The highest BCUT2D eigenvalue weighted by Crippen LogP contribution is 2.39. The monoisotopic (exact) mass is 620 g/mol. The van der Waals surface area contributed by atoms with E-state index in [1.165, 1.54) is 30.3 Å². The van der Waals surface area contributed by atoms with E-state index < -0.39 is 66.4 Å². The van der Waals surface area contributed by atoms with E-state index in [0.717, 1.165) is 12.1 Å². The number of esters is 2. The molecule has 5 rings (SSSR count). The number of hydrogen-bond acceptors (Lipinski definition) is 7. The van der Waals surface area contributed by atoms with Crippen LogP contribution >= 0.6 is 0 Å². The van der Waals surface area contributed by atoms with Crippen molar-refractivity contribution in [1.29, 1.82) is 0 Å². The number of halogens is 3. The first-order chi connectivity index (χ1) is 21.6. The summed E-state index contributed by atoms with van der Waals surface area (Å²) in [5, 5.41) is 9.39. The highest BCUT2D eigenvalue weighted by Gasteiger charge is 2.48. The third-order valence-electron chi connectivity index (χ3n) is 7.68. The number of benzene rings is 4. The first-order valence-corrected chi connectivity index (χ1v) is 14.3. The number of carbonyl (C=O) groups is 2. The summed E-state index contributed by atoms with van der Waals surface area (Å²) in [6.07, 6.45) is -4.22. The Balaban J connectivity index is 1.52. The highest BCUT2D eigenvalue weighted by atomic mass is 19.3. The molecule has 0 amide bonds. The molecule has 0 bridgehead atoms. The van der Waals surface area contributed by atoms with Gasteiger partial charge in [0, 0.05) is 11.5 Å². The minimum Gasteiger partial charge on any atom is -0.461 e. The third-order valence-corrected chi connectivity index (χ3v) is 7.68. The topological polar surface area (TPSA) is 91.3 Å². The number of rotatable bonds is 9. The van der Waals surface area contributed by atoms with Crippen LogP contribution < -0.4 is 4.74 Å². The van der Waals surface area contributed by atoms with E-state index in [9.17, 15) is 27.9 Å². The average Bonchev–Trinajstić information content (AvgIpc) is 3.05. The Morgan fingerprint density at radius 2 is 1.40 bits per heavy atom. The van der Waals surface area contributed by atoms with Gasteiger partial charge in [0.1, 0.15) is 18.2 Å². The molecule has 0 radical (unpaired) electrons. The molecular formula is C35H31F3O7. The fourth-order valence-corrected chi connectivity index (χ4v) is 5.09. The quantitative estimate of drug-likeness (QED) is 0.206. The molecule has 45 heavy (non-hydrogen) atoms. The molecule has 1 saturated heterocycles. The zero-order chi connectivity index (χ0) is 32.1. The molecule has 0 aromatic heterocycles. The number of ether oxygens (including phenoxy) is 4. The van der Waals surface area contributed by atoms with Crippen molar-refractivity contribution in [1.82, 2.24) is 0 Å². The predicted molar refractivity (Wildman–Crippen MR) is 158 cm³/mol. The molecule has 4 aromatic carbocycles. The summed E-state index contributed by atoms with van der Waals surface area (Å²) in [6.45, 7) is 2.05. The van der Waals surface area contributed by atoms with Crippen LogP contribution in [-0.4, -0.2) is 48.3 Å². The van der Waals surface area contributed by atoms with Gasteiger partial charge in [0.25, 0.3) is 5.92 Å². The van der Waals surface area contributed by atoms with Gasteiger partial charge in [-0.05, 0) is 72.6 Å². The summed E-state index contributed by atoms with van der Waals surface area (Å²) in [5.41, 5.74) is 0.00969. The molecule has 10 heteroatoms. The maximum absolute atomic E-state index is 14.8. The lowest BCUT2D eigenvalue weighted by Gasteiger charge is -2.43. The van der Waals surface area contributed by atoms with Crippen LogP contribution in [0, 0.1) is 11.7 Å². The molecule has 0 unspecified atom stereocenters. The second kappa shape index (κ2) is 13.5. The number of aliphatic hydroxyl groups excluding tert-OH is 1. The Hall–Kier alpha value is -4.67. The lowest BCUT2D eigenvalue weighted by Crippen LogP contribution is -2.57. The average molecular weight is 621 g/mol. The SMILES string of the molecule is C[C@@H]1[C@@H](OC(=O)c2ccccc2)[C@@H](OC(=O)c2ccccc2)[C@H](Oc2ccc(C(F)(F)CO)c(-c3cccc(F)c3)c2)O[C@H]1C. The standard InChI is InChI=1S/C35H31F3O7/c1-21-22(2)42-34(43-27-16-17-29(35(37,38)20-39)28(19-27)25-14-9-15-26(36)18-25)31(45-33(41)24-12-7-4-8-13-24)30(21)44-32(40)23-10-5-3-6-11-23/h3-19,21-22,30-31,34,39H,20H2,1-2H3/t21-,22-,30+,31+,34-/m0/s1. The van der Waals surface area contributed by atoms with E-state index in [2.05, 4.69) is 0 Å². The van der Waals surface area contributed by atoms with E-state index in [1.54, 1.807) is 74.5 Å². The van der Waals surface area contributed by atoms with Gasteiger partial charge in [-0.15, -0.1) is 0 Å². The fourth-order valence-electron chi connectivity index (χ4n) is 5.09. The van der Waals surface area contributed by atoms with Crippen LogP contribution in [-0.2, 0) is 20.1 Å². The Labute approximate surface area is 258 Å². The Morgan fingerprint density at radius 1 is 0.800 bits per heavy atom. The van der Waals surface area contributed by atoms with Crippen LogP contribution in [0.5, 0.6) is 5.75 Å². The van der Waals surface area contributed by atoms with Gasteiger partial charge in [-0.2, -0.15) is 8.78 Å². The zero-order valence-electron chi connectivity index (χ0n) is 24.4. The van der Waals surface area contributed by atoms with Crippen molar-refractivity contribution in [3.8, 4) is 16.9 Å². The van der Waals surface area contributed by atoms with Crippen molar-refractivity contribution < 1.29 is 46.8 Å². The molecule has 1 fully saturated rings. The first kappa shape index (κ1) is 31.7. The number of hydrogen-bond donors (Lipinski definition) is 1. The summed E-state index contributed by atoms with van der Waals surface area (Å²) in [7, 11) is 0. The molecule has 234 valence electrons. The number of carbonyl (C=O) groups excluding carboxylic acids is 2. The summed E-state index contributed by atoms with van der Waals surface area (Å²) < 4.78 is 67.7. The molecule has 5 atom stereocenters. The van der Waals surface area contributed by atoms with E-state index in [4.69, 9.17) is 18.9 Å². The molecule has 4 aromatic rings. The van der Waals surface area contributed by atoms with Crippen molar-refractivity contribution in [3.63, 3.8) is 0 Å². The molecular weight excluding hydrogens is 589 g/mol. The lowest BCUT2D eigenvalue weighted by atomic mass is 9.91. The maximum Gasteiger partial charge on any atom is 0.338 e. The van der Waals surface area contributed by atoms with Crippen molar-refractivity contribution >= 4 is 11.9 Å². The van der Waals surface area contributed by atoms with Crippen LogP contribution in [0.25, 0.3) is 11.1 Å². The Kier molecular flexibility index (Phi) is 9.55. The summed E-state index contributed by atoms with van der Waals surface area (Å²) in [4.78, 5) is 26.4. The molecule has 0 spiro atoms. The zero-order valence-corrected chi connectivity index (χ0v) is 24.4. The lowest BCUT2D eigenvalue weighted by molar-refractivity contribution is -0.250. The van der Waals surface area contributed by atoms with Gasteiger partial charge in [-0.3, -0.25) is 0 Å². The van der Waals surface area contributed by atoms with Crippen molar-refractivity contribution in [3.05, 3.63) is 126 Å². The molecule has 1 heterocycles. The molecule has 1 aliphatic rings. The van der Waals surface area contributed by atoms with Gasteiger partial charge in [0.2, 0.25) is 12.4 Å². The maximum atomic E-state index is 14.8. The molecule has 7 nitrogen and oxygen atoms in total. The fraction of sp³-hybridized carbons (Fsp3) is 0.257. The predicted octanol–water partition coefficient (Wildman–Crippen LogP) is 6.79. The first-order valence-electron chi connectivity index (χ1n) is 14.3. The summed E-state index contributed by atoms with van der Waals surface area (Å²) in [5.74, 6) is -6.10.